The van der Waals surface area contributed by atoms with Crippen LogP contribution in [-0.2, 0) is 0 Å². The van der Waals surface area contributed by atoms with Crippen LogP contribution in [0.4, 0.5) is 0 Å². The smallest absolute Gasteiger partial charge is 0.0189 e. The van der Waals surface area contributed by atoms with E-state index in [-0.39, 0.29) is 0 Å². The summed E-state index contributed by atoms with van der Waals surface area (Å²) in [6, 6.07) is 0.626. The van der Waals surface area contributed by atoms with E-state index in [9.17, 15) is 0 Å². The molecule has 15 heavy (non-hydrogen) atoms. The highest BCUT2D eigenvalue weighted by Gasteiger charge is 2.16. The first-order valence-electron chi connectivity index (χ1n) is 6.28. The van der Waals surface area contributed by atoms with Gasteiger partial charge in [-0.25, -0.2) is 0 Å². The summed E-state index contributed by atoms with van der Waals surface area (Å²) < 4.78 is 0. The molecule has 1 N–H and O–H groups in total. The number of unbranched alkanes of at least 4 members (excludes halogenated alkanes) is 1. The molecule has 0 aliphatic carbocycles. The van der Waals surface area contributed by atoms with Gasteiger partial charge in [-0.2, -0.15) is 0 Å². The molecule has 1 unspecified atom stereocenters. The van der Waals surface area contributed by atoms with Gasteiger partial charge >= 0.3 is 0 Å². The largest absolute Gasteiger partial charge is 0.315 e. The van der Waals surface area contributed by atoms with Crippen LogP contribution in [0.1, 0.15) is 47.5 Å². The molecular weight excluding hydrogens is 184 g/mol. The highest BCUT2D eigenvalue weighted by Crippen LogP contribution is 2.15. The summed E-state index contributed by atoms with van der Waals surface area (Å²) in [7, 11) is 2.22. The van der Waals surface area contributed by atoms with Crippen LogP contribution >= 0.6 is 0 Å². The molecule has 0 aromatic carbocycles. The Morgan fingerprint density at radius 3 is 2.33 bits per heavy atom. The molecule has 0 heterocycles. The number of likely N-dealkylation sites (N-methyl/N-ethyl adjacent to an activating group) is 1. The van der Waals surface area contributed by atoms with E-state index in [1.54, 1.807) is 0 Å². The molecule has 0 saturated heterocycles. The van der Waals surface area contributed by atoms with Crippen molar-refractivity contribution in [3.05, 3.63) is 0 Å². The van der Waals surface area contributed by atoms with Gasteiger partial charge in [-0.3, -0.25) is 0 Å². The van der Waals surface area contributed by atoms with Crippen molar-refractivity contribution in [1.82, 2.24) is 10.2 Å². The minimum Gasteiger partial charge on any atom is -0.315 e. The third-order valence-electron chi connectivity index (χ3n) is 2.62. The predicted molar refractivity (Wildman–Crippen MR) is 69.3 cm³/mol. The molecule has 0 saturated carbocycles. The normalized spacial score (nSPS) is 14.6. The van der Waals surface area contributed by atoms with E-state index < -0.39 is 0 Å². The highest BCUT2D eigenvalue weighted by atomic mass is 15.1. The van der Waals surface area contributed by atoms with Crippen molar-refractivity contribution in [2.24, 2.45) is 5.41 Å². The Hall–Kier alpha value is -0.0800. The Morgan fingerprint density at radius 2 is 1.87 bits per heavy atom. The number of hydrogen-bond donors (Lipinski definition) is 1. The van der Waals surface area contributed by atoms with Gasteiger partial charge in [0.2, 0.25) is 0 Å². The summed E-state index contributed by atoms with van der Waals surface area (Å²) in [5.41, 5.74) is 0.395. The summed E-state index contributed by atoms with van der Waals surface area (Å²) in [5, 5.41) is 3.51. The Labute approximate surface area is 96.4 Å². The third-order valence-corrected chi connectivity index (χ3v) is 2.62. The van der Waals surface area contributed by atoms with Crippen molar-refractivity contribution >= 4 is 0 Å². The first kappa shape index (κ1) is 14.9. The zero-order valence-corrected chi connectivity index (χ0v) is 11.6. The van der Waals surface area contributed by atoms with E-state index in [2.05, 4.69) is 51.9 Å². The first-order chi connectivity index (χ1) is 6.87. The lowest BCUT2D eigenvalue weighted by Crippen LogP contribution is -2.42. The maximum absolute atomic E-state index is 3.51. The van der Waals surface area contributed by atoms with Gasteiger partial charge in [0.1, 0.15) is 0 Å². The number of hydrogen-bond acceptors (Lipinski definition) is 2. The highest BCUT2D eigenvalue weighted by molar-refractivity contribution is 4.72. The van der Waals surface area contributed by atoms with Crippen molar-refractivity contribution in [3.8, 4) is 0 Å². The van der Waals surface area contributed by atoms with Crippen LogP contribution in [0.3, 0.4) is 0 Å². The van der Waals surface area contributed by atoms with Crippen LogP contribution in [0.2, 0.25) is 0 Å². The molecule has 0 amide bonds. The zero-order chi connectivity index (χ0) is 11.9. The van der Waals surface area contributed by atoms with E-state index >= 15 is 0 Å². The van der Waals surface area contributed by atoms with Crippen molar-refractivity contribution in [1.29, 1.82) is 0 Å². The van der Waals surface area contributed by atoms with Crippen molar-refractivity contribution in [2.75, 3.05) is 26.7 Å². The van der Waals surface area contributed by atoms with Gasteiger partial charge in [-0.15, -0.1) is 0 Å². The number of nitrogens with one attached hydrogen (secondary N) is 1. The molecule has 1 atom stereocenters. The summed E-state index contributed by atoms with van der Waals surface area (Å²) in [4.78, 5) is 2.44. The Bertz CT molecular complexity index is 149. The molecule has 2 heteroatoms. The second kappa shape index (κ2) is 7.24. The minimum absolute atomic E-state index is 0.395. The first-order valence-corrected chi connectivity index (χ1v) is 6.28. The maximum atomic E-state index is 3.51. The Morgan fingerprint density at radius 1 is 1.27 bits per heavy atom. The summed E-state index contributed by atoms with van der Waals surface area (Å²) in [6.45, 7) is 14.8. The quantitative estimate of drug-likeness (QED) is 0.656. The molecule has 2 nitrogen and oxygen atoms in total. The fraction of sp³-hybridized carbons (Fsp3) is 1.00. The van der Waals surface area contributed by atoms with Crippen LogP contribution in [0.15, 0.2) is 0 Å². The number of nitrogens with zero attached hydrogens (tertiary/aromatic N) is 1. The minimum atomic E-state index is 0.395. The summed E-state index contributed by atoms with van der Waals surface area (Å²) in [5.74, 6) is 0. The SMILES string of the molecule is CCCCNCC(C)N(C)CC(C)(C)C. The van der Waals surface area contributed by atoms with Crippen molar-refractivity contribution < 1.29 is 0 Å². The predicted octanol–water partition coefficient (Wildman–Crippen LogP) is 2.74. The zero-order valence-electron chi connectivity index (χ0n) is 11.6. The van der Waals surface area contributed by atoms with Crippen LogP contribution < -0.4 is 5.32 Å². The lowest BCUT2D eigenvalue weighted by atomic mass is 9.96. The molecule has 0 spiro atoms. The van der Waals surface area contributed by atoms with Crippen LogP contribution in [0.25, 0.3) is 0 Å². The van der Waals surface area contributed by atoms with Crippen LogP contribution in [0, 0.1) is 5.41 Å². The average Bonchev–Trinajstić information content (AvgIpc) is 2.09. The van der Waals surface area contributed by atoms with Crippen LogP contribution in [-0.4, -0.2) is 37.6 Å². The third kappa shape index (κ3) is 8.88. The van der Waals surface area contributed by atoms with Gasteiger partial charge in [-0.1, -0.05) is 34.1 Å². The topological polar surface area (TPSA) is 15.3 Å². The Kier molecular flexibility index (Phi) is 7.20. The molecule has 0 aliphatic heterocycles. The van der Waals surface area contributed by atoms with Gasteiger partial charge < -0.3 is 10.2 Å². The second-order valence-corrected chi connectivity index (χ2v) is 5.88. The van der Waals surface area contributed by atoms with E-state index in [1.165, 1.54) is 12.8 Å². The van der Waals surface area contributed by atoms with Gasteiger partial charge in [0.15, 0.2) is 0 Å². The van der Waals surface area contributed by atoms with Gasteiger partial charge in [0.25, 0.3) is 0 Å². The van der Waals surface area contributed by atoms with Gasteiger partial charge in [0.05, 0.1) is 0 Å². The standard InChI is InChI=1S/C13H30N2/c1-7-8-9-14-10-12(2)15(6)11-13(3,4)5/h12,14H,7-11H2,1-6H3. The van der Waals surface area contributed by atoms with E-state index in [1.807, 2.05) is 0 Å². The monoisotopic (exact) mass is 214 g/mol. The molecule has 0 aromatic rings. The number of rotatable bonds is 7. The lowest BCUT2D eigenvalue weighted by molar-refractivity contribution is 0.178. The van der Waals surface area contributed by atoms with Gasteiger partial charge in [-0.05, 0) is 32.4 Å². The molecule has 0 aromatic heterocycles. The fourth-order valence-corrected chi connectivity index (χ4v) is 1.67. The van der Waals surface area contributed by atoms with E-state index in [0.717, 1.165) is 19.6 Å². The average molecular weight is 214 g/mol. The molecule has 0 fully saturated rings. The molecule has 92 valence electrons. The molecule has 0 rings (SSSR count). The molecule has 0 radical (unpaired) electrons. The Balaban J connectivity index is 3.65. The van der Waals surface area contributed by atoms with Gasteiger partial charge in [0, 0.05) is 19.1 Å². The molecular formula is C13H30N2. The van der Waals surface area contributed by atoms with Crippen LogP contribution in [0.5, 0.6) is 0 Å². The van der Waals surface area contributed by atoms with E-state index in [4.69, 9.17) is 0 Å². The summed E-state index contributed by atoms with van der Waals surface area (Å²) >= 11 is 0. The van der Waals surface area contributed by atoms with E-state index in [0.29, 0.717) is 11.5 Å². The second-order valence-electron chi connectivity index (χ2n) is 5.88. The lowest BCUT2D eigenvalue weighted by Gasteiger charge is -2.31. The molecule has 0 aliphatic rings. The molecule has 0 bridgehead atoms. The van der Waals surface area contributed by atoms with Crippen molar-refractivity contribution in [2.45, 2.75) is 53.5 Å². The fourth-order valence-electron chi connectivity index (χ4n) is 1.67. The van der Waals surface area contributed by atoms with Crippen molar-refractivity contribution in [3.63, 3.8) is 0 Å². The maximum Gasteiger partial charge on any atom is 0.0189 e. The summed E-state index contributed by atoms with van der Waals surface area (Å²) in [6.07, 6.45) is 2.56.